The highest BCUT2D eigenvalue weighted by Crippen LogP contribution is 2.27. The summed E-state index contributed by atoms with van der Waals surface area (Å²) < 4.78 is 5.37. The van der Waals surface area contributed by atoms with Crippen molar-refractivity contribution < 1.29 is 4.74 Å². The van der Waals surface area contributed by atoms with E-state index in [1.807, 2.05) is 18.3 Å². The average molecular weight is 242 g/mol. The summed E-state index contributed by atoms with van der Waals surface area (Å²) in [5.41, 5.74) is 2.33. The Labute approximate surface area is 107 Å². The van der Waals surface area contributed by atoms with Crippen molar-refractivity contribution in [2.75, 3.05) is 13.7 Å². The smallest absolute Gasteiger partial charge is 0.145 e. The van der Waals surface area contributed by atoms with Gasteiger partial charge in [0.15, 0.2) is 0 Å². The van der Waals surface area contributed by atoms with E-state index >= 15 is 0 Å². The standard InChI is InChI=1S/C15H18N2O/c1-18-14-7-6-11(10-12-4-2-8-16-12)13-5-3-9-17-15(13)14/h3,5-7,9,12,16H,2,4,8,10H2,1H3. The van der Waals surface area contributed by atoms with Crippen LogP contribution in [0.5, 0.6) is 5.75 Å². The number of methoxy groups -OCH3 is 1. The van der Waals surface area contributed by atoms with Gasteiger partial charge in [-0.2, -0.15) is 0 Å². The van der Waals surface area contributed by atoms with E-state index in [2.05, 4.69) is 22.4 Å². The maximum atomic E-state index is 5.37. The second-order valence-corrected chi connectivity index (χ2v) is 4.82. The van der Waals surface area contributed by atoms with Gasteiger partial charge in [0.1, 0.15) is 11.3 Å². The van der Waals surface area contributed by atoms with Crippen LogP contribution in [0.4, 0.5) is 0 Å². The van der Waals surface area contributed by atoms with Crippen molar-refractivity contribution in [2.45, 2.75) is 25.3 Å². The zero-order chi connectivity index (χ0) is 12.4. The molecule has 2 heterocycles. The second-order valence-electron chi connectivity index (χ2n) is 4.82. The van der Waals surface area contributed by atoms with Gasteiger partial charge in [0, 0.05) is 17.6 Å². The molecule has 1 saturated heterocycles. The first-order valence-corrected chi connectivity index (χ1v) is 6.52. The summed E-state index contributed by atoms with van der Waals surface area (Å²) in [6, 6.07) is 8.94. The predicted molar refractivity (Wildman–Crippen MR) is 73.0 cm³/mol. The van der Waals surface area contributed by atoms with Crippen LogP contribution in [0.25, 0.3) is 10.9 Å². The first-order valence-electron chi connectivity index (χ1n) is 6.52. The van der Waals surface area contributed by atoms with Crippen molar-refractivity contribution >= 4 is 10.9 Å². The first-order chi connectivity index (χ1) is 8.88. The van der Waals surface area contributed by atoms with Crippen molar-refractivity contribution in [3.05, 3.63) is 36.0 Å². The van der Waals surface area contributed by atoms with Gasteiger partial charge in [0.2, 0.25) is 0 Å². The monoisotopic (exact) mass is 242 g/mol. The summed E-state index contributed by atoms with van der Waals surface area (Å²) in [4.78, 5) is 4.44. The Balaban J connectivity index is 2.01. The summed E-state index contributed by atoms with van der Waals surface area (Å²) >= 11 is 0. The maximum Gasteiger partial charge on any atom is 0.145 e. The molecule has 1 atom stereocenters. The van der Waals surface area contributed by atoms with Crippen LogP contribution in [0, 0.1) is 0 Å². The third-order valence-electron chi connectivity index (χ3n) is 3.67. The molecule has 1 fully saturated rings. The molecule has 1 unspecified atom stereocenters. The summed E-state index contributed by atoms with van der Waals surface area (Å²) in [6.07, 6.45) is 5.46. The molecule has 1 N–H and O–H groups in total. The van der Waals surface area contributed by atoms with Crippen molar-refractivity contribution in [3.63, 3.8) is 0 Å². The fourth-order valence-electron chi connectivity index (χ4n) is 2.74. The van der Waals surface area contributed by atoms with Crippen LogP contribution in [-0.4, -0.2) is 24.7 Å². The van der Waals surface area contributed by atoms with E-state index in [4.69, 9.17) is 4.74 Å². The van der Waals surface area contributed by atoms with Crippen LogP contribution in [0.15, 0.2) is 30.5 Å². The second kappa shape index (κ2) is 4.94. The summed E-state index contributed by atoms with van der Waals surface area (Å²) in [7, 11) is 1.70. The third kappa shape index (κ3) is 2.06. The number of nitrogens with zero attached hydrogens (tertiary/aromatic N) is 1. The molecule has 3 nitrogen and oxygen atoms in total. The lowest BCUT2D eigenvalue weighted by atomic mass is 10.00. The van der Waals surface area contributed by atoms with Crippen LogP contribution in [-0.2, 0) is 6.42 Å². The molecule has 1 aromatic heterocycles. The number of fused-ring (bicyclic) bond motifs is 1. The van der Waals surface area contributed by atoms with Gasteiger partial charge < -0.3 is 10.1 Å². The number of nitrogens with one attached hydrogen (secondary N) is 1. The number of benzene rings is 1. The van der Waals surface area contributed by atoms with E-state index in [1.54, 1.807) is 7.11 Å². The summed E-state index contributed by atoms with van der Waals surface area (Å²) in [6.45, 7) is 1.15. The van der Waals surface area contributed by atoms with Crippen LogP contribution >= 0.6 is 0 Å². The highest BCUT2D eigenvalue weighted by Gasteiger charge is 2.16. The Morgan fingerprint density at radius 1 is 1.39 bits per heavy atom. The topological polar surface area (TPSA) is 34.1 Å². The molecule has 0 aliphatic carbocycles. The van der Waals surface area contributed by atoms with Crippen LogP contribution in [0.3, 0.4) is 0 Å². The zero-order valence-electron chi connectivity index (χ0n) is 10.6. The Morgan fingerprint density at radius 3 is 3.11 bits per heavy atom. The fraction of sp³-hybridized carbons (Fsp3) is 0.400. The lowest BCUT2D eigenvalue weighted by Crippen LogP contribution is -2.23. The minimum absolute atomic E-state index is 0.613. The average Bonchev–Trinajstić information content (AvgIpc) is 2.92. The Morgan fingerprint density at radius 2 is 2.33 bits per heavy atom. The quantitative estimate of drug-likeness (QED) is 0.898. The molecule has 0 radical (unpaired) electrons. The zero-order valence-corrected chi connectivity index (χ0v) is 10.6. The molecule has 1 aromatic carbocycles. The molecule has 94 valence electrons. The molecule has 3 heteroatoms. The summed E-state index contributed by atoms with van der Waals surface area (Å²) in [5.74, 6) is 0.855. The number of hydrogen-bond donors (Lipinski definition) is 1. The first kappa shape index (κ1) is 11.5. The summed E-state index contributed by atoms with van der Waals surface area (Å²) in [5, 5.41) is 4.76. The molecule has 0 spiro atoms. The van der Waals surface area contributed by atoms with Gasteiger partial charge in [0.25, 0.3) is 0 Å². The number of pyridine rings is 1. The molecule has 0 amide bonds. The van der Waals surface area contributed by atoms with Gasteiger partial charge >= 0.3 is 0 Å². The third-order valence-corrected chi connectivity index (χ3v) is 3.67. The molecular weight excluding hydrogens is 224 g/mol. The van der Waals surface area contributed by atoms with Crippen molar-refractivity contribution in [1.29, 1.82) is 0 Å². The van der Waals surface area contributed by atoms with Crippen LogP contribution in [0.2, 0.25) is 0 Å². The van der Waals surface area contributed by atoms with E-state index in [0.717, 1.165) is 24.2 Å². The van der Waals surface area contributed by atoms with Gasteiger partial charge in [-0.15, -0.1) is 0 Å². The van der Waals surface area contributed by atoms with Gasteiger partial charge in [-0.25, -0.2) is 0 Å². The van der Waals surface area contributed by atoms with Crippen LogP contribution < -0.4 is 10.1 Å². The molecule has 2 aromatic rings. The number of rotatable bonds is 3. The number of ether oxygens (including phenoxy) is 1. The minimum Gasteiger partial charge on any atom is -0.494 e. The molecule has 3 rings (SSSR count). The molecule has 1 aliphatic heterocycles. The minimum atomic E-state index is 0.613. The SMILES string of the molecule is COc1ccc(CC2CCCN2)c2cccnc12. The van der Waals surface area contributed by atoms with Crippen LogP contribution in [0.1, 0.15) is 18.4 Å². The van der Waals surface area contributed by atoms with E-state index in [0.29, 0.717) is 6.04 Å². The van der Waals surface area contributed by atoms with E-state index in [9.17, 15) is 0 Å². The normalized spacial score (nSPS) is 19.3. The molecule has 1 aliphatic rings. The maximum absolute atomic E-state index is 5.37. The number of aromatic nitrogens is 1. The largest absolute Gasteiger partial charge is 0.494 e. The van der Waals surface area contributed by atoms with Gasteiger partial charge in [-0.05, 0) is 43.5 Å². The lowest BCUT2D eigenvalue weighted by Gasteiger charge is -2.13. The number of hydrogen-bond acceptors (Lipinski definition) is 3. The van der Waals surface area contributed by atoms with Gasteiger partial charge in [0.05, 0.1) is 7.11 Å². The Hall–Kier alpha value is -1.61. The predicted octanol–water partition coefficient (Wildman–Crippen LogP) is 2.54. The highest BCUT2D eigenvalue weighted by molar-refractivity contribution is 5.87. The molecule has 18 heavy (non-hydrogen) atoms. The van der Waals surface area contributed by atoms with Crippen molar-refractivity contribution in [2.24, 2.45) is 0 Å². The highest BCUT2D eigenvalue weighted by atomic mass is 16.5. The molecule has 0 saturated carbocycles. The lowest BCUT2D eigenvalue weighted by molar-refractivity contribution is 0.418. The fourth-order valence-corrected chi connectivity index (χ4v) is 2.74. The molecule has 0 bridgehead atoms. The van der Waals surface area contributed by atoms with Crippen molar-refractivity contribution in [1.82, 2.24) is 10.3 Å². The van der Waals surface area contributed by atoms with E-state index in [1.165, 1.54) is 23.8 Å². The van der Waals surface area contributed by atoms with Crippen molar-refractivity contribution in [3.8, 4) is 5.75 Å². The van der Waals surface area contributed by atoms with E-state index in [-0.39, 0.29) is 0 Å². The Bertz CT molecular complexity index is 547. The van der Waals surface area contributed by atoms with Gasteiger partial charge in [-0.1, -0.05) is 12.1 Å². The van der Waals surface area contributed by atoms with E-state index < -0.39 is 0 Å². The van der Waals surface area contributed by atoms with Gasteiger partial charge in [-0.3, -0.25) is 4.98 Å². The Kier molecular flexibility index (Phi) is 3.15. The molecular formula is C15H18N2O.